The lowest BCUT2D eigenvalue weighted by Gasteiger charge is -2.14. The minimum Gasteiger partial charge on any atom is -0.291 e. The molecule has 0 aliphatic carbocycles. The van der Waals surface area contributed by atoms with Crippen molar-refractivity contribution < 1.29 is 0 Å². The first-order valence-electron chi connectivity index (χ1n) is 10.3. The summed E-state index contributed by atoms with van der Waals surface area (Å²) in [5, 5.41) is 11.9. The number of hydrogen-bond donors (Lipinski definition) is 0. The van der Waals surface area contributed by atoms with Crippen LogP contribution in [0.25, 0.3) is 21.3 Å². The molecule has 0 saturated carbocycles. The maximum atomic E-state index is 13.8. The predicted molar refractivity (Wildman–Crippen MR) is 129 cm³/mol. The third kappa shape index (κ3) is 3.84. The quantitative estimate of drug-likeness (QED) is 0.361. The molecule has 0 unspecified atom stereocenters. The van der Waals surface area contributed by atoms with Crippen LogP contribution in [0.1, 0.15) is 22.5 Å². The first kappa shape index (κ1) is 19.9. The Morgan fingerprint density at radius 1 is 0.906 bits per heavy atom. The van der Waals surface area contributed by atoms with Crippen LogP contribution in [0.4, 0.5) is 0 Å². The minimum absolute atomic E-state index is 0.0524. The Hall–Kier alpha value is -4.01. The highest BCUT2D eigenvalue weighted by Crippen LogP contribution is 2.31. The normalized spacial score (nSPS) is 10.8. The Balaban J connectivity index is 1.70. The molecule has 154 valence electrons. The zero-order valence-corrected chi connectivity index (χ0v) is 18.0. The van der Waals surface area contributed by atoms with E-state index in [1.54, 1.807) is 10.6 Å². The summed E-state index contributed by atoms with van der Waals surface area (Å²) < 4.78 is 1.75. The van der Waals surface area contributed by atoms with Crippen LogP contribution < -0.4 is 5.56 Å². The van der Waals surface area contributed by atoms with Crippen LogP contribution in [0.2, 0.25) is 0 Å². The van der Waals surface area contributed by atoms with Crippen molar-refractivity contribution in [1.29, 1.82) is 5.26 Å². The highest BCUT2D eigenvalue weighted by atomic mass is 32.1. The van der Waals surface area contributed by atoms with E-state index in [2.05, 4.69) is 6.07 Å². The van der Waals surface area contributed by atoms with Crippen LogP contribution in [0.5, 0.6) is 0 Å². The van der Waals surface area contributed by atoms with Crippen molar-refractivity contribution in [3.05, 3.63) is 123 Å². The number of rotatable bonds is 5. The van der Waals surface area contributed by atoms with Gasteiger partial charge in [-0.3, -0.25) is 9.36 Å². The Morgan fingerprint density at radius 3 is 2.38 bits per heavy atom. The van der Waals surface area contributed by atoms with Gasteiger partial charge in [0.25, 0.3) is 5.56 Å². The van der Waals surface area contributed by atoms with Gasteiger partial charge in [-0.25, -0.2) is 4.98 Å². The second kappa shape index (κ2) is 8.62. The standard InChI is InChI=1S/C27H19N3OS/c28-16-20-10-7-11-21(14-20)17-30-24(15-19-8-3-1-4-9-19)29-26-25(27(30)31)23(18-32-26)22-12-5-2-6-13-22/h1-14,18H,15,17H2. The van der Waals surface area contributed by atoms with Gasteiger partial charge in [-0.2, -0.15) is 5.26 Å². The van der Waals surface area contributed by atoms with Crippen molar-refractivity contribution >= 4 is 21.6 Å². The molecular weight excluding hydrogens is 414 g/mol. The lowest BCUT2D eigenvalue weighted by Crippen LogP contribution is -2.26. The fraction of sp³-hybridized carbons (Fsp3) is 0.0741. The molecule has 2 aromatic heterocycles. The molecular formula is C27H19N3OS. The number of benzene rings is 3. The van der Waals surface area contributed by atoms with E-state index >= 15 is 0 Å². The molecule has 0 saturated heterocycles. The molecule has 0 bridgehead atoms. The zero-order chi connectivity index (χ0) is 21.9. The maximum Gasteiger partial charge on any atom is 0.263 e. The van der Waals surface area contributed by atoms with Gasteiger partial charge in [-0.05, 0) is 28.8 Å². The third-order valence-corrected chi connectivity index (χ3v) is 6.33. The van der Waals surface area contributed by atoms with Gasteiger partial charge in [-0.1, -0.05) is 72.8 Å². The van der Waals surface area contributed by atoms with Crippen LogP contribution in [0, 0.1) is 11.3 Å². The first-order valence-corrected chi connectivity index (χ1v) is 11.2. The molecule has 0 fully saturated rings. The molecule has 0 aliphatic heterocycles. The number of nitriles is 1. The van der Waals surface area contributed by atoms with Crippen molar-refractivity contribution in [1.82, 2.24) is 9.55 Å². The molecule has 3 aromatic carbocycles. The SMILES string of the molecule is N#Cc1cccc(Cn2c(Cc3ccccc3)nc3scc(-c4ccccc4)c3c2=O)c1. The molecule has 0 radical (unpaired) electrons. The third-order valence-electron chi connectivity index (χ3n) is 5.46. The van der Waals surface area contributed by atoms with Gasteiger partial charge in [0.15, 0.2) is 0 Å². The van der Waals surface area contributed by atoms with E-state index in [-0.39, 0.29) is 5.56 Å². The van der Waals surface area contributed by atoms with Gasteiger partial charge in [0.2, 0.25) is 0 Å². The maximum absolute atomic E-state index is 13.8. The summed E-state index contributed by atoms with van der Waals surface area (Å²) >= 11 is 1.50. The molecule has 5 rings (SSSR count). The average molecular weight is 434 g/mol. The lowest BCUT2D eigenvalue weighted by atomic mass is 10.1. The van der Waals surface area contributed by atoms with Crippen LogP contribution in [-0.2, 0) is 13.0 Å². The lowest BCUT2D eigenvalue weighted by molar-refractivity contribution is 0.695. The largest absolute Gasteiger partial charge is 0.291 e. The molecule has 5 heteroatoms. The minimum atomic E-state index is -0.0524. The van der Waals surface area contributed by atoms with Crippen molar-refractivity contribution in [2.75, 3.05) is 0 Å². The monoisotopic (exact) mass is 433 g/mol. The van der Waals surface area contributed by atoms with Gasteiger partial charge in [-0.15, -0.1) is 11.3 Å². The molecule has 0 N–H and O–H groups in total. The van der Waals surface area contributed by atoms with E-state index in [0.717, 1.165) is 32.9 Å². The number of fused-ring (bicyclic) bond motifs is 1. The Labute approximate surface area is 189 Å². The van der Waals surface area contributed by atoms with E-state index in [0.29, 0.717) is 23.9 Å². The first-order chi connectivity index (χ1) is 15.7. The van der Waals surface area contributed by atoms with E-state index < -0.39 is 0 Å². The fourth-order valence-electron chi connectivity index (χ4n) is 3.89. The van der Waals surface area contributed by atoms with Gasteiger partial charge >= 0.3 is 0 Å². The second-order valence-corrected chi connectivity index (χ2v) is 8.45. The number of hydrogen-bond acceptors (Lipinski definition) is 4. The van der Waals surface area contributed by atoms with Crippen molar-refractivity contribution in [2.24, 2.45) is 0 Å². The molecule has 0 aliphatic rings. The van der Waals surface area contributed by atoms with E-state index in [9.17, 15) is 10.1 Å². The van der Waals surface area contributed by atoms with Crippen molar-refractivity contribution in [2.45, 2.75) is 13.0 Å². The summed E-state index contributed by atoms with van der Waals surface area (Å²) in [5.41, 5.74) is 4.44. The van der Waals surface area contributed by atoms with Crippen LogP contribution in [-0.4, -0.2) is 9.55 Å². The Bertz CT molecular complexity index is 1500. The number of thiophene rings is 1. The van der Waals surface area contributed by atoms with Gasteiger partial charge in [0, 0.05) is 17.4 Å². The van der Waals surface area contributed by atoms with E-state index in [1.807, 2.05) is 84.2 Å². The Kier molecular flexibility index (Phi) is 5.37. The smallest absolute Gasteiger partial charge is 0.263 e. The summed E-state index contributed by atoms with van der Waals surface area (Å²) in [4.78, 5) is 19.5. The highest BCUT2D eigenvalue weighted by Gasteiger charge is 2.17. The van der Waals surface area contributed by atoms with Crippen LogP contribution in [0.3, 0.4) is 0 Å². The zero-order valence-electron chi connectivity index (χ0n) is 17.2. The van der Waals surface area contributed by atoms with Gasteiger partial charge in [0.1, 0.15) is 10.7 Å². The van der Waals surface area contributed by atoms with Gasteiger partial charge in [0.05, 0.1) is 23.6 Å². The average Bonchev–Trinajstić information content (AvgIpc) is 3.27. The summed E-state index contributed by atoms with van der Waals surface area (Å²) in [6.07, 6.45) is 0.558. The summed E-state index contributed by atoms with van der Waals surface area (Å²) in [5.74, 6) is 0.720. The fourth-order valence-corrected chi connectivity index (χ4v) is 4.85. The van der Waals surface area contributed by atoms with Crippen LogP contribution in [0.15, 0.2) is 95.1 Å². The molecule has 0 atom stereocenters. The topological polar surface area (TPSA) is 58.7 Å². The summed E-state index contributed by atoms with van der Waals surface area (Å²) in [6.45, 7) is 0.365. The molecule has 0 spiro atoms. The number of aromatic nitrogens is 2. The molecule has 2 heterocycles. The summed E-state index contributed by atoms with van der Waals surface area (Å²) in [7, 11) is 0. The molecule has 4 nitrogen and oxygen atoms in total. The van der Waals surface area contributed by atoms with Gasteiger partial charge < -0.3 is 0 Å². The predicted octanol–water partition coefficient (Wildman–Crippen LogP) is 5.64. The van der Waals surface area contributed by atoms with Crippen LogP contribution >= 0.6 is 11.3 Å². The molecule has 0 amide bonds. The van der Waals surface area contributed by atoms with E-state index in [4.69, 9.17) is 4.98 Å². The van der Waals surface area contributed by atoms with E-state index in [1.165, 1.54) is 11.3 Å². The Morgan fingerprint density at radius 2 is 1.62 bits per heavy atom. The summed E-state index contributed by atoms with van der Waals surface area (Å²) in [6, 6.07) is 29.6. The molecule has 32 heavy (non-hydrogen) atoms. The van der Waals surface area contributed by atoms with Crippen molar-refractivity contribution in [3.63, 3.8) is 0 Å². The molecule has 5 aromatic rings. The number of nitrogens with zero attached hydrogens (tertiary/aromatic N) is 3. The second-order valence-electron chi connectivity index (χ2n) is 7.59. The van der Waals surface area contributed by atoms with Crippen molar-refractivity contribution in [3.8, 4) is 17.2 Å². The highest BCUT2D eigenvalue weighted by molar-refractivity contribution is 7.17.